The summed E-state index contributed by atoms with van der Waals surface area (Å²) in [6, 6.07) is 0.234. The Balaban J connectivity index is 2.01. The first-order valence-electron chi connectivity index (χ1n) is 6.50. The Morgan fingerprint density at radius 3 is 2.83 bits per heavy atom. The summed E-state index contributed by atoms with van der Waals surface area (Å²) in [6.07, 6.45) is 4.44. The summed E-state index contributed by atoms with van der Waals surface area (Å²) in [5.74, 6) is -0.167. The Morgan fingerprint density at radius 1 is 1.56 bits per heavy atom. The number of amides is 1. The number of aryl methyl sites for hydroxylation is 1. The summed E-state index contributed by atoms with van der Waals surface area (Å²) < 4.78 is 0. The van der Waals surface area contributed by atoms with Crippen LogP contribution in [0.1, 0.15) is 55.7 Å². The van der Waals surface area contributed by atoms with Gasteiger partial charge in [0, 0.05) is 6.04 Å². The first kappa shape index (κ1) is 12.9. The van der Waals surface area contributed by atoms with Gasteiger partial charge in [0.2, 0.25) is 0 Å². The third-order valence-electron chi connectivity index (χ3n) is 3.75. The van der Waals surface area contributed by atoms with Gasteiger partial charge in [-0.2, -0.15) is 5.10 Å². The van der Waals surface area contributed by atoms with Crippen LogP contribution in [0, 0.1) is 12.3 Å². The van der Waals surface area contributed by atoms with Crippen molar-refractivity contribution in [2.24, 2.45) is 5.41 Å². The lowest BCUT2D eigenvalue weighted by atomic mass is 9.75. The number of carbonyl (C=O) groups excluding carboxylic acids is 1. The average molecular weight is 250 g/mol. The van der Waals surface area contributed by atoms with Crippen molar-refractivity contribution >= 4 is 11.6 Å². The van der Waals surface area contributed by atoms with E-state index in [2.05, 4.69) is 29.4 Å². The molecule has 0 saturated heterocycles. The van der Waals surface area contributed by atoms with Gasteiger partial charge >= 0.3 is 0 Å². The number of nitrogen functional groups attached to an aromatic ring is 1. The molecule has 1 unspecified atom stereocenters. The van der Waals surface area contributed by atoms with E-state index in [0.717, 1.165) is 25.0 Å². The number of aromatic nitrogens is 2. The van der Waals surface area contributed by atoms with Crippen LogP contribution in [-0.4, -0.2) is 22.1 Å². The summed E-state index contributed by atoms with van der Waals surface area (Å²) in [7, 11) is 0. The fourth-order valence-electron chi connectivity index (χ4n) is 2.69. The molecule has 2 rings (SSSR count). The predicted molar refractivity (Wildman–Crippen MR) is 71.2 cm³/mol. The Bertz CT molecular complexity index is 450. The Labute approximate surface area is 108 Å². The standard InChI is InChI=1S/C13H22N4O/c1-8-10(14)11(17-16-8)12(18)15-9-5-4-6-13(2,3)7-9/h9H,4-7,14H2,1-3H3,(H,15,18)(H,16,17). The number of nitrogens with two attached hydrogens (primary N) is 1. The van der Waals surface area contributed by atoms with Crippen molar-refractivity contribution in [1.82, 2.24) is 15.5 Å². The van der Waals surface area contributed by atoms with Crippen LogP contribution >= 0.6 is 0 Å². The van der Waals surface area contributed by atoms with Crippen molar-refractivity contribution in [3.05, 3.63) is 11.4 Å². The minimum atomic E-state index is -0.167. The third-order valence-corrected chi connectivity index (χ3v) is 3.75. The van der Waals surface area contributed by atoms with Gasteiger partial charge in [0.15, 0.2) is 5.69 Å². The van der Waals surface area contributed by atoms with Crippen LogP contribution in [0.4, 0.5) is 5.69 Å². The number of nitrogens with one attached hydrogen (secondary N) is 2. The van der Waals surface area contributed by atoms with E-state index in [1.165, 1.54) is 6.42 Å². The molecule has 0 radical (unpaired) electrons. The number of aromatic amines is 1. The number of carbonyl (C=O) groups is 1. The second-order valence-corrected chi connectivity index (χ2v) is 6.04. The van der Waals surface area contributed by atoms with E-state index < -0.39 is 0 Å². The number of hydrogen-bond donors (Lipinski definition) is 3. The van der Waals surface area contributed by atoms with Gasteiger partial charge in [-0.3, -0.25) is 9.89 Å². The summed E-state index contributed by atoms with van der Waals surface area (Å²) in [5, 5.41) is 9.73. The van der Waals surface area contributed by atoms with Crippen molar-refractivity contribution in [2.75, 3.05) is 5.73 Å². The molecule has 1 fully saturated rings. The van der Waals surface area contributed by atoms with E-state index in [4.69, 9.17) is 5.73 Å². The van der Waals surface area contributed by atoms with Crippen LogP contribution in [-0.2, 0) is 0 Å². The molecule has 1 aromatic rings. The molecule has 0 spiro atoms. The number of nitrogens with zero attached hydrogens (tertiary/aromatic N) is 1. The Hall–Kier alpha value is -1.52. The third kappa shape index (κ3) is 2.66. The molecule has 0 aromatic carbocycles. The number of hydrogen-bond acceptors (Lipinski definition) is 3. The second-order valence-electron chi connectivity index (χ2n) is 6.04. The summed E-state index contributed by atoms with van der Waals surface area (Å²) in [6.45, 7) is 6.31. The molecule has 18 heavy (non-hydrogen) atoms. The molecule has 1 aromatic heterocycles. The first-order chi connectivity index (χ1) is 8.39. The van der Waals surface area contributed by atoms with E-state index in [9.17, 15) is 4.79 Å². The normalized spacial score (nSPS) is 22.7. The highest BCUT2D eigenvalue weighted by atomic mass is 16.2. The summed E-state index contributed by atoms with van der Waals surface area (Å²) in [4.78, 5) is 12.1. The Morgan fingerprint density at radius 2 is 2.28 bits per heavy atom. The van der Waals surface area contributed by atoms with Gasteiger partial charge in [0.1, 0.15) is 0 Å². The zero-order chi connectivity index (χ0) is 13.3. The minimum Gasteiger partial charge on any atom is -0.395 e. The maximum Gasteiger partial charge on any atom is 0.274 e. The number of rotatable bonds is 2. The predicted octanol–water partition coefficient (Wildman–Crippen LogP) is 2.00. The maximum atomic E-state index is 12.1. The molecule has 5 nitrogen and oxygen atoms in total. The van der Waals surface area contributed by atoms with Crippen LogP contribution in [0.5, 0.6) is 0 Å². The van der Waals surface area contributed by atoms with Crippen molar-refractivity contribution < 1.29 is 4.79 Å². The molecular formula is C13H22N4O. The fraction of sp³-hybridized carbons (Fsp3) is 0.692. The van der Waals surface area contributed by atoms with Crippen molar-refractivity contribution in [3.63, 3.8) is 0 Å². The fourth-order valence-corrected chi connectivity index (χ4v) is 2.69. The maximum absolute atomic E-state index is 12.1. The molecule has 5 heteroatoms. The smallest absolute Gasteiger partial charge is 0.274 e. The van der Waals surface area contributed by atoms with Gasteiger partial charge in [0.05, 0.1) is 11.4 Å². The highest BCUT2D eigenvalue weighted by molar-refractivity contribution is 5.97. The lowest BCUT2D eigenvalue weighted by Crippen LogP contribution is -2.41. The van der Waals surface area contributed by atoms with E-state index in [1.54, 1.807) is 0 Å². The zero-order valence-electron chi connectivity index (χ0n) is 11.3. The molecule has 1 atom stereocenters. The van der Waals surface area contributed by atoms with E-state index >= 15 is 0 Å². The topological polar surface area (TPSA) is 83.8 Å². The van der Waals surface area contributed by atoms with Gasteiger partial charge in [-0.1, -0.05) is 20.3 Å². The molecule has 0 bridgehead atoms. The largest absolute Gasteiger partial charge is 0.395 e. The van der Waals surface area contributed by atoms with Gasteiger partial charge in [-0.05, 0) is 31.6 Å². The molecular weight excluding hydrogens is 228 g/mol. The first-order valence-corrected chi connectivity index (χ1v) is 6.50. The highest BCUT2D eigenvalue weighted by Crippen LogP contribution is 2.35. The highest BCUT2D eigenvalue weighted by Gasteiger charge is 2.29. The minimum absolute atomic E-state index is 0.167. The lowest BCUT2D eigenvalue weighted by Gasteiger charge is -2.35. The van der Waals surface area contributed by atoms with Crippen LogP contribution in [0.3, 0.4) is 0 Å². The van der Waals surface area contributed by atoms with Crippen LogP contribution in [0.2, 0.25) is 0 Å². The zero-order valence-corrected chi connectivity index (χ0v) is 11.3. The monoisotopic (exact) mass is 250 g/mol. The molecule has 1 aliphatic rings. The number of H-pyrrole nitrogens is 1. The van der Waals surface area contributed by atoms with Gasteiger partial charge in [-0.15, -0.1) is 0 Å². The van der Waals surface area contributed by atoms with Crippen molar-refractivity contribution in [1.29, 1.82) is 0 Å². The molecule has 1 saturated carbocycles. The molecule has 100 valence electrons. The number of anilines is 1. The average Bonchev–Trinajstić information content (AvgIpc) is 2.58. The summed E-state index contributed by atoms with van der Waals surface area (Å²) in [5.41, 5.74) is 7.62. The van der Waals surface area contributed by atoms with Crippen molar-refractivity contribution in [2.45, 2.75) is 52.5 Å². The SMILES string of the molecule is Cc1[nH]nc(C(=O)NC2CCCC(C)(C)C2)c1N. The van der Waals surface area contributed by atoms with Crippen LogP contribution in [0.15, 0.2) is 0 Å². The summed E-state index contributed by atoms with van der Waals surface area (Å²) >= 11 is 0. The molecule has 4 N–H and O–H groups in total. The Kier molecular flexibility index (Phi) is 3.32. The molecule has 1 aliphatic carbocycles. The quantitative estimate of drug-likeness (QED) is 0.750. The van der Waals surface area contributed by atoms with Gasteiger partial charge in [0.25, 0.3) is 5.91 Å². The van der Waals surface area contributed by atoms with Crippen LogP contribution in [0.25, 0.3) is 0 Å². The van der Waals surface area contributed by atoms with Crippen LogP contribution < -0.4 is 11.1 Å². The van der Waals surface area contributed by atoms with Crippen molar-refractivity contribution in [3.8, 4) is 0 Å². The van der Waals surface area contributed by atoms with Gasteiger partial charge in [-0.25, -0.2) is 0 Å². The second kappa shape index (κ2) is 4.63. The molecule has 0 aliphatic heterocycles. The van der Waals surface area contributed by atoms with E-state index in [-0.39, 0.29) is 11.9 Å². The molecule has 1 amide bonds. The molecule has 1 heterocycles. The van der Waals surface area contributed by atoms with E-state index in [1.807, 2.05) is 6.92 Å². The van der Waals surface area contributed by atoms with E-state index in [0.29, 0.717) is 16.8 Å². The lowest BCUT2D eigenvalue weighted by molar-refractivity contribution is 0.0898. The van der Waals surface area contributed by atoms with Gasteiger partial charge < -0.3 is 11.1 Å².